The lowest BCUT2D eigenvalue weighted by Gasteiger charge is -2.18. The van der Waals surface area contributed by atoms with Crippen molar-refractivity contribution in [3.05, 3.63) is 36.5 Å². The van der Waals surface area contributed by atoms with Crippen LogP contribution in [0, 0.1) is 0 Å². The van der Waals surface area contributed by atoms with Crippen LogP contribution in [0.5, 0.6) is 0 Å². The number of hydrogen-bond acceptors (Lipinski definition) is 6. The molecule has 0 aliphatic rings. The normalized spacial score (nSPS) is 12.2. The standard InChI is InChI=1S/C77H144O6/c1-4-7-10-13-16-19-22-25-28-31-32-33-34-35-36-37-38-39-40-41-42-43-44-45-47-49-52-55-58-61-64-67-70-76(79)82-73-74(72-81-75(78)69-66-63-60-57-54-51-48-30-27-24-21-18-15-12-9-6-3)83-77(80)71-68-65-62-59-56-53-50-46-29-26-23-20-17-14-11-8-5-2/h21,24,26,29-30,48,74H,4-20,22-23,25,27-28,31-47,49-73H2,1-3H3/b24-21-,29-26-,48-30-. The molecule has 0 aromatic heterocycles. The third-order valence-corrected chi connectivity index (χ3v) is 17.1. The quantitative estimate of drug-likeness (QED) is 0.0261. The molecule has 0 aliphatic carbocycles. The van der Waals surface area contributed by atoms with Gasteiger partial charge in [-0.15, -0.1) is 0 Å². The van der Waals surface area contributed by atoms with Crippen molar-refractivity contribution in [2.24, 2.45) is 0 Å². The van der Waals surface area contributed by atoms with E-state index in [1.54, 1.807) is 0 Å². The molecule has 0 N–H and O–H groups in total. The molecule has 83 heavy (non-hydrogen) atoms. The van der Waals surface area contributed by atoms with Crippen LogP contribution in [0.25, 0.3) is 0 Å². The number of unbranched alkanes of at least 4 members (excludes halogenated alkanes) is 53. The summed E-state index contributed by atoms with van der Waals surface area (Å²) in [6.07, 6.45) is 90.6. The first-order chi connectivity index (χ1) is 41.0. The van der Waals surface area contributed by atoms with Crippen molar-refractivity contribution in [2.45, 2.75) is 425 Å². The molecule has 0 saturated heterocycles. The Balaban J connectivity index is 4.16. The summed E-state index contributed by atoms with van der Waals surface area (Å²) in [7, 11) is 0. The largest absolute Gasteiger partial charge is 0.462 e. The first-order valence-corrected chi connectivity index (χ1v) is 37.5. The zero-order valence-corrected chi connectivity index (χ0v) is 56.2. The first kappa shape index (κ1) is 80.6. The van der Waals surface area contributed by atoms with Crippen LogP contribution in [0.3, 0.4) is 0 Å². The summed E-state index contributed by atoms with van der Waals surface area (Å²) in [5, 5.41) is 0. The summed E-state index contributed by atoms with van der Waals surface area (Å²) >= 11 is 0. The maximum atomic E-state index is 12.9. The summed E-state index contributed by atoms with van der Waals surface area (Å²) in [5.41, 5.74) is 0. The smallest absolute Gasteiger partial charge is 0.306 e. The highest BCUT2D eigenvalue weighted by molar-refractivity contribution is 5.71. The van der Waals surface area contributed by atoms with Gasteiger partial charge >= 0.3 is 17.9 Å². The van der Waals surface area contributed by atoms with Gasteiger partial charge in [0.2, 0.25) is 0 Å². The van der Waals surface area contributed by atoms with E-state index >= 15 is 0 Å². The van der Waals surface area contributed by atoms with Crippen molar-refractivity contribution in [3.8, 4) is 0 Å². The number of esters is 3. The Bertz CT molecular complexity index is 1380. The second-order valence-corrected chi connectivity index (χ2v) is 25.6. The predicted octanol–water partition coefficient (Wildman–Crippen LogP) is 25.9. The average molecular weight is 1170 g/mol. The molecular formula is C77H144O6. The number of rotatable bonds is 70. The van der Waals surface area contributed by atoms with E-state index < -0.39 is 6.10 Å². The second-order valence-electron chi connectivity index (χ2n) is 25.6. The summed E-state index contributed by atoms with van der Waals surface area (Å²) in [6.45, 7) is 6.68. The van der Waals surface area contributed by atoms with E-state index in [2.05, 4.69) is 57.2 Å². The van der Waals surface area contributed by atoms with Crippen LogP contribution in [0.2, 0.25) is 0 Å². The van der Waals surface area contributed by atoms with Gasteiger partial charge in [-0.3, -0.25) is 14.4 Å². The molecule has 0 aliphatic heterocycles. The van der Waals surface area contributed by atoms with Crippen molar-refractivity contribution in [1.29, 1.82) is 0 Å². The Morgan fingerprint density at radius 1 is 0.241 bits per heavy atom. The van der Waals surface area contributed by atoms with Crippen molar-refractivity contribution in [3.63, 3.8) is 0 Å². The molecule has 0 spiro atoms. The monoisotopic (exact) mass is 1170 g/mol. The minimum Gasteiger partial charge on any atom is -0.462 e. The number of carbonyl (C=O) groups is 3. The van der Waals surface area contributed by atoms with Crippen LogP contribution in [0.1, 0.15) is 419 Å². The highest BCUT2D eigenvalue weighted by atomic mass is 16.6. The summed E-state index contributed by atoms with van der Waals surface area (Å²) in [6, 6.07) is 0. The number of hydrogen-bond donors (Lipinski definition) is 0. The third kappa shape index (κ3) is 70.3. The van der Waals surface area contributed by atoms with Crippen molar-refractivity contribution < 1.29 is 28.6 Å². The van der Waals surface area contributed by atoms with Crippen LogP contribution in [0.4, 0.5) is 0 Å². The van der Waals surface area contributed by atoms with Crippen LogP contribution in [-0.4, -0.2) is 37.2 Å². The van der Waals surface area contributed by atoms with E-state index in [9.17, 15) is 14.4 Å². The van der Waals surface area contributed by atoms with Gasteiger partial charge in [-0.2, -0.15) is 0 Å². The van der Waals surface area contributed by atoms with Crippen LogP contribution >= 0.6 is 0 Å². The fourth-order valence-electron chi connectivity index (χ4n) is 11.5. The highest BCUT2D eigenvalue weighted by Crippen LogP contribution is 2.19. The van der Waals surface area contributed by atoms with Gasteiger partial charge in [-0.05, 0) is 77.0 Å². The van der Waals surface area contributed by atoms with Crippen molar-refractivity contribution >= 4 is 17.9 Å². The van der Waals surface area contributed by atoms with E-state index in [1.165, 1.54) is 302 Å². The molecule has 0 aromatic carbocycles. The van der Waals surface area contributed by atoms with Crippen LogP contribution in [-0.2, 0) is 28.6 Å². The molecule has 488 valence electrons. The average Bonchev–Trinajstić information content (AvgIpc) is 3.49. The lowest BCUT2D eigenvalue weighted by molar-refractivity contribution is -0.167. The summed E-state index contributed by atoms with van der Waals surface area (Å²) < 4.78 is 17.0. The molecule has 6 heteroatoms. The Hall–Kier alpha value is -2.37. The number of carbonyl (C=O) groups excluding carboxylic acids is 3. The topological polar surface area (TPSA) is 78.9 Å². The third-order valence-electron chi connectivity index (χ3n) is 17.1. The van der Waals surface area contributed by atoms with Gasteiger partial charge < -0.3 is 14.2 Å². The maximum absolute atomic E-state index is 12.9. The van der Waals surface area contributed by atoms with Gasteiger partial charge in [0.25, 0.3) is 0 Å². The van der Waals surface area contributed by atoms with Crippen LogP contribution in [0.15, 0.2) is 36.5 Å². The Kier molecular flexibility index (Phi) is 70.0. The molecule has 0 rings (SSSR count). The molecule has 1 unspecified atom stereocenters. The number of allylic oxidation sites excluding steroid dienone is 6. The first-order valence-electron chi connectivity index (χ1n) is 37.5. The van der Waals surface area contributed by atoms with Crippen LogP contribution < -0.4 is 0 Å². The van der Waals surface area contributed by atoms with E-state index in [0.29, 0.717) is 19.3 Å². The van der Waals surface area contributed by atoms with Gasteiger partial charge in [0, 0.05) is 19.3 Å². The minimum absolute atomic E-state index is 0.0739. The zero-order chi connectivity index (χ0) is 59.9. The second kappa shape index (κ2) is 72.1. The van der Waals surface area contributed by atoms with E-state index in [0.717, 1.165) is 77.0 Å². The maximum Gasteiger partial charge on any atom is 0.306 e. The zero-order valence-electron chi connectivity index (χ0n) is 56.2. The molecule has 0 heterocycles. The molecule has 0 amide bonds. The van der Waals surface area contributed by atoms with Crippen molar-refractivity contribution in [2.75, 3.05) is 13.2 Å². The molecule has 0 saturated carbocycles. The number of ether oxygens (including phenoxy) is 3. The Morgan fingerprint density at radius 2 is 0.434 bits per heavy atom. The molecule has 0 bridgehead atoms. The lowest BCUT2D eigenvalue weighted by Crippen LogP contribution is -2.30. The molecular weight excluding hydrogens is 1020 g/mol. The fraction of sp³-hybridized carbons (Fsp3) is 0.883. The molecule has 6 nitrogen and oxygen atoms in total. The molecule has 1 atom stereocenters. The molecule has 0 fully saturated rings. The summed E-state index contributed by atoms with van der Waals surface area (Å²) in [5.74, 6) is -0.864. The lowest BCUT2D eigenvalue weighted by atomic mass is 10.0. The SMILES string of the molecule is CCCCCC/C=C\C/C=C\CCCCCCCC(=O)OCC(COC(=O)CCCCCCCCCCCCCCCCCCCCCCCCCCCCCCCCCC)OC(=O)CCCCCCCCC/C=C\CCCCCCCC. The van der Waals surface area contributed by atoms with Crippen molar-refractivity contribution in [1.82, 2.24) is 0 Å². The van der Waals surface area contributed by atoms with Gasteiger partial charge in [0.1, 0.15) is 13.2 Å². The van der Waals surface area contributed by atoms with E-state index in [4.69, 9.17) is 14.2 Å². The minimum atomic E-state index is -0.780. The Labute approximate surface area is 518 Å². The summed E-state index contributed by atoms with van der Waals surface area (Å²) in [4.78, 5) is 38.5. The van der Waals surface area contributed by atoms with E-state index in [-0.39, 0.29) is 31.1 Å². The fourth-order valence-corrected chi connectivity index (χ4v) is 11.5. The predicted molar refractivity (Wildman–Crippen MR) is 362 cm³/mol. The van der Waals surface area contributed by atoms with Gasteiger partial charge in [-0.25, -0.2) is 0 Å². The highest BCUT2D eigenvalue weighted by Gasteiger charge is 2.20. The molecule has 0 aromatic rings. The van der Waals surface area contributed by atoms with Gasteiger partial charge in [0.05, 0.1) is 0 Å². The molecule has 0 radical (unpaired) electrons. The Morgan fingerprint density at radius 3 is 0.687 bits per heavy atom. The van der Waals surface area contributed by atoms with E-state index in [1.807, 2.05) is 0 Å². The van der Waals surface area contributed by atoms with Gasteiger partial charge in [0.15, 0.2) is 6.10 Å². The van der Waals surface area contributed by atoms with Gasteiger partial charge in [-0.1, -0.05) is 359 Å².